The molecule has 0 amide bonds. The number of aliphatic hydroxyl groups excluding tert-OH is 1. The summed E-state index contributed by atoms with van der Waals surface area (Å²) in [5, 5.41) is 15.9. The largest absolute Gasteiger partial charge is 0.481 e. The molecule has 1 aromatic heterocycles. The highest BCUT2D eigenvalue weighted by molar-refractivity contribution is 14.0. The predicted octanol–water partition coefficient (Wildman–Crippen LogP) is 1.55. The number of aromatic nitrogens is 1. The van der Waals surface area contributed by atoms with Gasteiger partial charge in [0.25, 0.3) is 0 Å². The predicted molar refractivity (Wildman–Crippen MR) is 109 cm³/mol. The number of guanidine groups is 1. The Labute approximate surface area is 166 Å². The average Bonchev–Trinajstić information content (AvgIpc) is 3.07. The number of pyridine rings is 1. The van der Waals surface area contributed by atoms with Gasteiger partial charge in [0, 0.05) is 37.8 Å². The number of aliphatic imine (C=N–C) groups is 1. The summed E-state index contributed by atoms with van der Waals surface area (Å²) in [6.07, 6.45) is 1.69. The van der Waals surface area contributed by atoms with Crippen LogP contribution < -0.4 is 15.4 Å². The lowest BCUT2D eigenvalue weighted by Crippen LogP contribution is -2.44. The normalized spacial score (nSPS) is 20.0. The summed E-state index contributed by atoms with van der Waals surface area (Å²) >= 11 is 0. The van der Waals surface area contributed by atoms with Gasteiger partial charge in [0.15, 0.2) is 5.96 Å². The molecule has 1 aliphatic heterocycles. The molecule has 2 heterocycles. The summed E-state index contributed by atoms with van der Waals surface area (Å²) in [4.78, 5) is 8.95. The Balaban J connectivity index is 0.00000312. The lowest BCUT2D eigenvalue weighted by atomic mass is 9.84. The van der Waals surface area contributed by atoms with Crippen molar-refractivity contribution in [2.45, 2.75) is 26.3 Å². The first-order valence-electron chi connectivity index (χ1n) is 8.42. The first-order chi connectivity index (χ1) is 11.7. The molecule has 142 valence electrons. The summed E-state index contributed by atoms with van der Waals surface area (Å²) < 4.78 is 10.7. The van der Waals surface area contributed by atoms with Crippen LogP contribution in [0.1, 0.15) is 25.5 Å². The molecular weight excluding hydrogens is 435 g/mol. The van der Waals surface area contributed by atoms with Crippen molar-refractivity contribution in [1.29, 1.82) is 0 Å². The summed E-state index contributed by atoms with van der Waals surface area (Å²) in [7, 11) is 1.60. The minimum Gasteiger partial charge on any atom is -0.481 e. The van der Waals surface area contributed by atoms with Crippen molar-refractivity contribution in [1.82, 2.24) is 15.6 Å². The fraction of sp³-hybridized carbons (Fsp3) is 0.647. The first kappa shape index (κ1) is 21.9. The minimum atomic E-state index is -0.0147. The van der Waals surface area contributed by atoms with Crippen LogP contribution in [0.25, 0.3) is 0 Å². The monoisotopic (exact) mass is 464 g/mol. The van der Waals surface area contributed by atoms with Gasteiger partial charge in [0.1, 0.15) is 0 Å². The lowest BCUT2D eigenvalue weighted by molar-refractivity contribution is 0.127. The average molecular weight is 464 g/mol. The molecule has 8 heteroatoms. The molecule has 1 atom stereocenters. The zero-order valence-electron chi connectivity index (χ0n) is 15.0. The standard InChI is InChI=1S/C17H28N4O3.HI/c1-3-18-16(19-11-14-5-4-6-15(21-14)23-2)20-12-17(7-9-22)8-10-24-13-17;/h4-6,22H,3,7-13H2,1-2H3,(H2,18,19,20);1H. The number of nitrogens with one attached hydrogen (secondary N) is 2. The van der Waals surface area contributed by atoms with Crippen LogP contribution in [0.2, 0.25) is 0 Å². The number of aliphatic hydroxyl groups is 1. The van der Waals surface area contributed by atoms with Gasteiger partial charge >= 0.3 is 0 Å². The fourth-order valence-corrected chi connectivity index (χ4v) is 2.74. The quantitative estimate of drug-likeness (QED) is 0.308. The van der Waals surface area contributed by atoms with Crippen LogP contribution in [0.3, 0.4) is 0 Å². The van der Waals surface area contributed by atoms with Crippen LogP contribution in [0.15, 0.2) is 23.2 Å². The Hall–Kier alpha value is -1.13. The Kier molecular flexibility index (Phi) is 10.1. The topological polar surface area (TPSA) is 88.0 Å². The summed E-state index contributed by atoms with van der Waals surface area (Å²) in [6, 6.07) is 5.65. The highest BCUT2D eigenvalue weighted by Crippen LogP contribution is 2.31. The molecular formula is C17H29IN4O3. The van der Waals surface area contributed by atoms with E-state index < -0.39 is 0 Å². The summed E-state index contributed by atoms with van der Waals surface area (Å²) in [5.74, 6) is 1.33. The molecule has 0 spiro atoms. The molecule has 0 aliphatic carbocycles. The van der Waals surface area contributed by atoms with Gasteiger partial charge in [-0.05, 0) is 25.8 Å². The molecule has 1 fully saturated rings. The van der Waals surface area contributed by atoms with E-state index in [2.05, 4.69) is 20.6 Å². The van der Waals surface area contributed by atoms with Crippen molar-refractivity contribution in [3.05, 3.63) is 23.9 Å². The molecule has 1 aromatic rings. The zero-order chi connectivity index (χ0) is 17.3. The van der Waals surface area contributed by atoms with Gasteiger partial charge in [0.2, 0.25) is 5.88 Å². The third-order valence-corrected chi connectivity index (χ3v) is 4.19. The first-order valence-corrected chi connectivity index (χ1v) is 8.42. The molecule has 0 radical (unpaired) electrons. The van der Waals surface area contributed by atoms with E-state index in [1.54, 1.807) is 7.11 Å². The van der Waals surface area contributed by atoms with Crippen molar-refractivity contribution in [2.75, 3.05) is 40.0 Å². The number of halogens is 1. The maximum atomic E-state index is 9.31. The Bertz CT molecular complexity index is 536. The van der Waals surface area contributed by atoms with Crippen molar-refractivity contribution < 1.29 is 14.6 Å². The third-order valence-electron chi connectivity index (χ3n) is 4.19. The molecule has 0 saturated carbocycles. The van der Waals surface area contributed by atoms with Gasteiger partial charge in [-0.3, -0.25) is 0 Å². The van der Waals surface area contributed by atoms with Crippen LogP contribution in [0, 0.1) is 5.41 Å². The van der Waals surface area contributed by atoms with Crippen LogP contribution in [-0.4, -0.2) is 56.1 Å². The zero-order valence-corrected chi connectivity index (χ0v) is 17.3. The Morgan fingerprint density at radius 2 is 2.28 bits per heavy atom. The van der Waals surface area contributed by atoms with Crippen LogP contribution in [0.4, 0.5) is 0 Å². The minimum absolute atomic E-state index is 0. The van der Waals surface area contributed by atoms with Gasteiger partial charge in [-0.2, -0.15) is 0 Å². The van der Waals surface area contributed by atoms with E-state index in [4.69, 9.17) is 9.47 Å². The fourth-order valence-electron chi connectivity index (χ4n) is 2.74. The molecule has 7 nitrogen and oxygen atoms in total. The van der Waals surface area contributed by atoms with Crippen molar-refractivity contribution in [2.24, 2.45) is 10.4 Å². The molecule has 1 aliphatic rings. The summed E-state index contributed by atoms with van der Waals surface area (Å²) in [6.45, 7) is 5.61. The molecule has 25 heavy (non-hydrogen) atoms. The SMILES string of the molecule is CCNC(=NCc1cccc(OC)n1)NCC1(CCO)CCOC1.I. The molecule has 2 rings (SSSR count). The number of hydrogen-bond acceptors (Lipinski definition) is 5. The second-order valence-corrected chi connectivity index (χ2v) is 6.00. The van der Waals surface area contributed by atoms with E-state index in [-0.39, 0.29) is 36.0 Å². The summed E-state index contributed by atoms with van der Waals surface area (Å²) in [5.41, 5.74) is 0.833. The maximum Gasteiger partial charge on any atom is 0.213 e. The maximum absolute atomic E-state index is 9.31. The third kappa shape index (κ3) is 6.95. The van der Waals surface area contributed by atoms with Crippen molar-refractivity contribution in [3.8, 4) is 5.88 Å². The Morgan fingerprint density at radius 1 is 1.44 bits per heavy atom. The number of hydrogen-bond donors (Lipinski definition) is 3. The second kappa shape index (κ2) is 11.5. The smallest absolute Gasteiger partial charge is 0.213 e. The Morgan fingerprint density at radius 3 is 2.92 bits per heavy atom. The second-order valence-electron chi connectivity index (χ2n) is 6.00. The molecule has 3 N–H and O–H groups in total. The molecule has 0 bridgehead atoms. The van der Waals surface area contributed by atoms with E-state index in [1.165, 1.54) is 0 Å². The molecule has 1 unspecified atom stereocenters. The number of rotatable bonds is 8. The van der Waals surface area contributed by atoms with Crippen LogP contribution >= 0.6 is 24.0 Å². The van der Waals surface area contributed by atoms with Gasteiger partial charge in [-0.1, -0.05) is 6.07 Å². The van der Waals surface area contributed by atoms with Crippen LogP contribution in [-0.2, 0) is 11.3 Å². The lowest BCUT2D eigenvalue weighted by Gasteiger charge is -2.27. The van der Waals surface area contributed by atoms with Crippen molar-refractivity contribution >= 4 is 29.9 Å². The van der Waals surface area contributed by atoms with Crippen LogP contribution in [0.5, 0.6) is 5.88 Å². The van der Waals surface area contributed by atoms with Crippen molar-refractivity contribution in [3.63, 3.8) is 0 Å². The van der Waals surface area contributed by atoms with E-state index in [0.717, 1.165) is 44.2 Å². The highest BCUT2D eigenvalue weighted by atomic mass is 127. The van der Waals surface area contributed by atoms with E-state index >= 15 is 0 Å². The number of ether oxygens (including phenoxy) is 2. The molecule has 0 aromatic carbocycles. The van der Waals surface area contributed by atoms with E-state index in [9.17, 15) is 5.11 Å². The number of methoxy groups -OCH3 is 1. The number of nitrogens with zero attached hydrogens (tertiary/aromatic N) is 2. The van der Waals surface area contributed by atoms with Gasteiger partial charge in [-0.25, -0.2) is 9.98 Å². The van der Waals surface area contributed by atoms with Gasteiger partial charge in [0.05, 0.1) is 26.0 Å². The molecule has 1 saturated heterocycles. The van der Waals surface area contributed by atoms with Gasteiger partial charge in [-0.15, -0.1) is 24.0 Å². The van der Waals surface area contributed by atoms with E-state index in [1.807, 2.05) is 25.1 Å². The van der Waals surface area contributed by atoms with Gasteiger partial charge < -0.3 is 25.2 Å². The van der Waals surface area contributed by atoms with E-state index in [0.29, 0.717) is 19.0 Å². The highest BCUT2D eigenvalue weighted by Gasteiger charge is 2.34.